The van der Waals surface area contributed by atoms with Crippen LogP contribution in [0.3, 0.4) is 0 Å². The molecule has 2 aromatic heterocycles. The van der Waals surface area contributed by atoms with Gasteiger partial charge >= 0.3 is 6.03 Å². The molecular weight excluding hydrogens is 318 g/mol. The minimum absolute atomic E-state index is 0.0681. The van der Waals surface area contributed by atoms with Gasteiger partial charge in [-0.1, -0.05) is 18.2 Å². The summed E-state index contributed by atoms with van der Waals surface area (Å²) in [5, 5.41) is 17.0. The molecule has 3 aromatic rings. The van der Waals surface area contributed by atoms with Gasteiger partial charge in [-0.25, -0.2) is 4.79 Å². The number of para-hydroxylation sites is 1. The fourth-order valence-electron chi connectivity index (χ4n) is 2.87. The van der Waals surface area contributed by atoms with E-state index in [1.54, 1.807) is 19.1 Å². The van der Waals surface area contributed by atoms with Crippen molar-refractivity contribution < 1.29 is 14.3 Å². The van der Waals surface area contributed by atoms with Crippen LogP contribution < -0.4 is 10.6 Å². The summed E-state index contributed by atoms with van der Waals surface area (Å²) < 4.78 is 5.19. The highest BCUT2D eigenvalue weighted by Crippen LogP contribution is 2.21. The average Bonchev–Trinajstić information content (AvgIpc) is 3.24. The van der Waals surface area contributed by atoms with Gasteiger partial charge in [0.1, 0.15) is 11.4 Å². The molecule has 3 rings (SSSR count). The molecule has 6 nitrogen and oxygen atoms in total. The Morgan fingerprint density at radius 2 is 2.12 bits per heavy atom. The molecule has 0 aliphatic rings. The number of hydrogen-bond acceptors (Lipinski definition) is 3. The number of aromatic amines is 1. The second-order valence-corrected chi connectivity index (χ2v) is 6.42. The molecule has 1 atom stereocenters. The number of H-pyrrole nitrogens is 1. The van der Waals surface area contributed by atoms with Crippen LogP contribution >= 0.6 is 0 Å². The Morgan fingerprint density at radius 1 is 1.28 bits per heavy atom. The van der Waals surface area contributed by atoms with Crippen molar-refractivity contribution in [2.45, 2.75) is 25.9 Å². The highest BCUT2D eigenvalue weighted by Gasteiger charge is 2.26. The normalized spacial score (nSPS) is 13.6. The number of rotatable bonds is 6. The summed E-state index contributed by atoms with van der Waals surface area (Å²) in [6, 6.07) is 9.24. The first-order valence-corrected chi connectivity index (χ1v) is 8.31. The number of urea groups is 1. The Balaban J connectivity index is 1.48. The van der Waals surface area contributed by atoms with Crippen LogP contribution in [0.4, 0.5) is 4.79 Å². The van der Waals surface area contributed by atoms with Crippen molar-refractivity contribution in [2.24, 2.45) is 0 Å². The van der Waals surface area contributed by atoms with Crippen molar-refractivity contribution in [1.29, 1.82) is 0 Å². The Bertz CT molecular complexity index is 850. The van der Waals surface area contributed by atoms with Gasteiger partial charge < -0.3 is 25.1 Å². The Kier molecular flexibility index (Phi) is 4.81. The van der Waals surface area contributed by atoms with Crippen LogP contribution in [-0.2, 0) is 12.0 Å². The van der Waals surface area contributed by atoms with Crippen LogP contribution in [0.5, 0.6) is 0 Å². The molecule has 0 fully saturated rings. The fraction of sp³-hybridized carbons (Fsp3) is 0.316. The smallest absolute Gasteiger partial charge is 0.314 e. The molecule has 0 aliphatic carbocycles. The number of hydrogen-bond donors (Lipinski definition) is 4. The average molecular weight is 341 g/mol. The van der Waals surface area contributed by atoms with Crippen LogP contribution in [-0.4, -0.2) is 29.2 Å². The quantitative estimate of drug-likeness (QED) is 0.556. The largest absolute Gasteiger partial charge is 0.466 e. The third-order valence-electron chi connectivity index (χ3n) is 4.33. The van der Waals surface area contributed by atoms with E-state index in [9.17, 15) is 9.90 Å². The molecule has 25 heavy (non-hydrogen) atoms. The molecule has 1 unspecified atom stereocenters. The number of carbonyl (C=O) groups is 1. The number of aryl methyl sites for hydroxylation is 1. The van der Waals surface area contributed by atoms with Crippen molar-refractivity contribution in [3.63, 3.8) is 0 Å². The van der Waals surface area contributed by atoms with Gasteiger partial charge in [-0.05, 0) is 43.5 Å². The van der Waals surface area contributed by atoms with Crippen molar-refractivity contribution in [2.75, 3.05) is 13.1 Å². The van der Waals surface area contributed by atoms with Crippen LogP contribution in [0.1, 0.15) is 23.8 Å². The summed E-state index contributed by atoms with van der Waals surface area (Å²) in [4.78, 5) is 15.2. The lowest BCUT2D eigenvalue weighted by Gasteiger charge is -2.21. The fourth-order valence-corrected chi connectivity index (χ4v) is 2.87. The molecule has 2 amide bonds. The first kappa shape index (κ1) is 17.1. The number of nitrogens with one attached hydrogen (secondary N) is 3. The number of fused-ring (bicyclic) bond motifs is 1. The van der Waals surface area contributed by atoms with Gasteiger partial charge in [0.15, 0.2) is 0 Å². The third kappa shape index (κ3) is 3.85. The van der Waals surface area contributed by atoms with Crippen molar-refractivity contribution in [3.05, 3.63) is 59.7 Å². The monoisotopic (exact) mass is 341 g/mol. The predicted molar refractivity (Wildman–Crippen MR) is 96.4 cm³/mol. The van der Waals surface area contributed by atoms with Gasteiger partial charge in [0.2, 0.25) is 0 Å². The van der Waals surface area contributed by atoms with E-state index in [1.807, 2.05) is 12.3 Å². The lowest BCUT2D eigenvalue weighted by molar-refractivity contribution is 0.0367. The minimum Gasteiger partial charge on any atom is -0.466 e. The maximum absolute atomic E-state index is 11.9. The summed E-state index contributed by atoms with van der Waals surface area (Å²) in [6.45, 7) is 4.24. The third-order valence-corrected chi connectivity index (χ3v) is 4.33. The summed E-state index contributed by atoms with van der Waals surface area (Å²) >= 11 is 0. The summed E-state index contributed by atoms with van der Waals surface area (Å²) in [5.41, 5.74) is 2.27. The minimum atomic E-state index is -1.24. The zero-order valence-corrected chi connectivity index (χ0v) is 14.4. The van der Waals surface area contributed by atoms with E-state index >= 15 is 0 Å². The maximum Gasteiger partial charge on any atom is 0.314 e. The molecule has 0 spiro atoms. The molecule has 1 aromatic carbocycles. The van der Waals surface area contributed by atoms with E-state index < -0.39 is 5.60 Å². The molecule has 4 N–H and O–H groups in total. The summed E-state index contributed by atoms with van der Waals surface area (Å²) in [6.07, 6.45) is 4.21. The van der Waals surface area contributed by atoms with Gasteiger partial charge in [-0.3, -0.25) is 0 Å². The number of aliphatic hydroxyl groups is 1. The standard InChI is InChI=1S/C19H23N3O3/c1-13-5-3-6-15-14(11-21-17(13)15)8-9-20-18(23)22-12-19(2,24)16-7-4-10-25-16/h3-7,10-11,21,24H,8-9,12H2,1-2H3,(H2,20,22,23). The highest BCUT2D eigenvalue weighted by molar-refractivity contribution is 5.85. The SMILES string of the molecule is Cc1cccc2c(CCNC(=O)NCC(C)(O)c3ccco3)c[nH]c12. The van der Waals surface area contributed by atoms with Crippen LogP contribution in [0.2, 0.25) is 0 Å². The first-order valence-electron chi connectivity index (χ1n) is 8.31. The maximum atomic E-state index is 11.9. The highest BCUT2D eigenvalue weighted by atomic mass is 16.4. The zero-order valence-electron chi connectivity index (χ0n) is 14.4. The molecule has 6 heteroatoms. The van der Waals surface area contributed by atoms with Crippen LogP contribution in [0, 0.1) is 6.92 Å². The van der Waals surface area contributed by atoms with E-state index in [0.29, 0.717) is 12.3 Å². The van der Waals surface area contributed by atoms with Crippen molar-refractivity contribution in [3.8, 4) is 0 Å². The molecule has 2 heterocycles. The zero-order chi connectivity index (χ0) is 17.9. The molecule has 132 valence electrons. The van der Waals surface area contributed by atoms with Gasteiger partial charge in [-0.15, -0.1) is 0 Å². The summed E-state index contributed by atoms with van der Waals surface area (Å²) in [5.74, 6) is 0.418. The Hall–Kier alpha value is -2.73. The van der Waals surface area contributed by atoms with E-state index in [2.05, 4.69) is 34.7 Å². The van der Waals surface area contributed by atoms with E-state index in [1.165, 1.54) is 22.8 Å². The molecule has 0 saturated carbocycles. The molecule has 0 radical (unpaired) electrons. The van der Waals surface area contributed by atoms with E-state index in [4.69, 9.17) is 4.42 Å². The lowest BCUT2D eigenvalue weighted by Crippen LogP contribution is -2.43. The van der Waals surface area contributed by atoms with Gasteiger partial charge in [0.25, 0.3) is 0 Å². The number of benzene rings is 1. The Morgan fingerprint density at radius 3 is 2.88 bits per heavy atom. The molecule has 0 bridgehead atoms. The molecule has 0 aliphatic heterocycles. The summed E-state index contributed by atoms with van der Waals surface area (Å²) in [7, 11) is 0. The van der Waals surface area contributed by atoms with Crippen LogP contribution in [0.15, 0.2) is 47.2 Å². The molecule has 0 saturated heterocycles. The van der Waals surface area contributed by atoms with E-state index in [-0.39, 0.29) is 12.6 Å². The number of carbonyl (C=O) groups excluding carboxylic acids is 1. The topological polar surface area (TPSA) is 90.3 Å². The van der Waals surface area contributed by atoms with Crippen LogP contribution in [0.25, 0.3) is 10.9 Å². The Labute approximate surface area is 146 Å². The van der Waals surface area contributed by atoms with E-state index in [0.717, 1.165) is 11.9 Å². The van der Waals surface area contributed by atoms with Crippen molar-refractivity contribution in [1.82, 2.24) is 15.6 Å². The number of aromatic nitrogens is 1. The number of furan rings is 1. The van der Waals surface area contributed by atoms with Gasteiger partial charge in [0, 0.05) is 23.6 Å². The predicted octanol–water partition coefficient (Wildman–Crippen LogP) is 2.82. The van der Waals surface area contributed by atoms with Gasteiger partial charge in [-0.2, -0.15) is 0 Å². The second kappa shape index (κ2) is 7.03. The van der Waals surface area contributed by atoms with Crippen molar-refractivity contribution >= 4 is 16.9 Å². The lowest BCUT2D eigenvalue weighted by atomic mass is 10.0. The first-order chi connectivity index (χ1) is 12.0. The molecular formula is C19H23N3O3. The van der Waals surface area contributed by atoms with Gasteiger partial charge in [0.05, 0.1) is 12.8 Å². The number of amides is 2. The second-order valence-electron chi connectivity index (χ2n) is 6.42.